The summed E-state index contributed by atoms with van der Waals surface area (Å²) in [6.07, 6.45) is 8.20. The number of ether oxygens (including phenoxy) is 2. The minimum absolute atomic E-state index is 0.0344. The van der Waals surface area contributed by atoms with Gasteiger partial charge in [-0.25, -0.2) is 9.59 Å². The van der Waals surface area contributed by atoms with Gasteiger partial charge in [-0.1, -0.05) is 90.9 Å². The number of benzene rings is 3. The predicted octanol–water partition coefficient (Wildman–Crippen LogP) is 7.54. The van der Waals surface area contributed by atoms with E-state index in [4.69, 9.17) is 9.47 Å². The van der Waals surface area contributed by atoms with Gasteiger partial charge in [0.25, 0.3) is 0 Å². The highest BCUT2D eigenvalue weighted by atomic mass is 16.6. The van der Waals surface area contributed by atoms with Gasteiger partial charge < -0.3 is 9.47 Å². The van der Waals surface area contributed by atoms with Gasteiger partial charge in [-0.2, -0.15) is 0 Å². The molecule has 0 bridgehead atoms. The number of fused-ring (bicyclic) bond motifs is 1. The van der Waals surface area contributed by atoms with Gasteiger partial charge >= 0.3 is 11.9 Å². The summed E-state index contributed by atoms with van der Waals surface area (Å²) in [7, 11) is 0. The second-order valence-electron chi connectivity index (χ2n) is 11.0. The van der Waals surface area contributed by atoms with Gasteiger partial charge in [-0.3, -0.25) is 0 Å². The van der Waals surface area contributed by atoms with Crippen LogP contribution < -0.4 is 0 Å². The zero-order valence-corrected chi connectivity index (χ0v) is 23.0. The van der Waals surface area contributed by atoms with Crippen LogP contribution in [0.5, 0.6) is 0 Å². The minimum atomic E-state index is -0.659. The monoisotopic (exact) mass is 520 g/mol. The minimum Gasteiger partial charge on any atom is -0.455 e. The van der Waals surface area contributed by atoms with Crippen LogP contribution in [0.15, 0.2) is 97.1 Å². The van der Waals surface area contributed by atoms with Crippen molar-refractivity contribution in [1.82, 2.24) is 0 Å². The lowest BCUT2D eigenvalue weighted by molar-refractivity contribution is -0.106. The van der Waals surface area contributed by atoms with Crippen LogP contribution in [0.3, 0.4) is 0 Å². The van der Waals surface area contributed by atoms with Crippen LogP contribution in [0.1, 0.15) is 62.2 Å². The Morgan fingerprint density at radius 3 is 1.87 bits per heavy atom. The summed E-state index contributed by atoms with van der Waals surface area (Å²) in [6, 6.07) is 23.0. The molecule has 0 aromatic heterocycles. The molecule has 0 N–H and O–H groups in total. The molecule has 0 heterocycles. The lowest BCUT2D eigenvalue weighted by Gasteiger charge is -2.49. The van der Waals surface area contributed by atoms with E-state index in [1.165, 1.54) is 0 Å². The molecule has 6 atom stereocenters. The highest BCUT2D eigenvalue weighted by Crippen LogP contribution is 2.50. The highest BCUT2D eigenvalue weighted by Gasteiger charge is 2.52. The summed E-state index contributed by atoms with van der Waals surface area (Å²) in [5.41, 5.74) is 5.36. The SMILES string of the molecule is Cc1ccc(C(=O)OC2C(OC(=O)c3ccc(C)cc3)[C@@H](c3ccccc3C)[C@H]3C=CC=CCC3[C@@H]2C)cc1. The maximum absolute atomic E-state index is 13.6. The molecule has 4 heteroatoms. The van der Waals surface area contributed by atoms with Crippen molar-refractivity contribution in [2.24, 2.45) is 17.8 Å². The van der Waals surface area contributed by atoms with Gasteiger partial charge in [-0.05, 0) is 74.4 Å². The summed E-state index contributed by atoms with van der Waals surface area (Å²) in [5.74, 6) is -0.682. The van der Waals surface area contributed by atoms with Crippen molar-refractivity contribution in [1.29, 1.82) is 0 Å². The third-order valence-electron chi connectivity index (χ3n) is 8.38. The first-order valence-electron chi connectivity index (χ1n) is 13.8. The second kappa shape index (κ2) is 11.4. The van der Waals surface area contributed by atoms with Crippen LogP contribution in [-0.2, 0) is 9.47 Å². The number of carbonyl (C=O) groups is 2. The van der Waals surface area contributed by atoms with Crippen molar-refractivity contribution in [3.05, 3.63) is 130 Å². The highest BCUT2D eigenvalue weighted by molar-refractivity contribution is 5.90. The summed E-state index contributed by atoms with van der Waals surface area (Å²) in [6.45, 7) is 8.18. The second-order valence-corrected chi connectivity index (χ2v) is 11.0. The first kappa shape index (κ1) is 26.7. The van der Waals surface area contributed by atoms with E-state index in [-0.39, 0.29) is 23.7 Å². The first-order chi connectivity index (χ1) is 18.8. The quantitative estimate of drug-likeness (QED) is 0.326. The summed E-state index contributed by atoms with van der Waals surface area (Å²) in [4.78, 5) is 27.0. The maximum atomic E-state index is 13.6. The maximum Gasteiger partial charge on any atom is 0.338 e. The van der Waals surface area contributed by atoms with E-state index >= 15 is 0 Å². The number of hydrogen-bond acceptors (Lipinski definition) is 4. The van der Waals surface area contributed by atoms with Crippen LogP contribution in [0.25, 0.3) is 0 Å². The molecule has 3 aromatic carbocycles. The third kappa shape index (κ3) is 5.61. The summed E-state index contributed by atoms with van der Waals surface area (Å²) in [5, 5.41) is 0. The Labute approximate surface area is 231 Å². The van der Waals surface area contributed by atoms with E-state index in [2.05, 4.69) is 50.3 Å². The van der Waals surface area contributed by atoms with Crippen LogP contribution >= 0.6 is 0 Å². The van der Waals surface area contributed by atoms with Gasteiger partial charge in [-0.15, -0.1) is 0 Å². The largest absolute Gasteiger partial charge is 0.455 e. The topological polar surface area (TPSA) is 52.6 Å². The van der Waals surface area contributed by atoms with E-state index in [0.29, 0.717) is 11.1 Å². The van der Waals surface area contributed by atoms with Gasteiger partial charge in [0.2, 0.25) is 0 Å². The Kier molecular flexibility index (Phi) is 7.83. The normalized spacial score (nSPS) is 25.8. The van der Waals surface area contributed by atoms with Gasteiger partial charge in [0.05, 0.1) is 11.1 Å². The van der Waals surface area contributed by atoms with Crippen molar-refractivity contribution >= 4 is 11.9 Å². The van der Waals surface area contributed by atoms with Crippen LogP contribution in [0.2, 0.25) is 0 Å². The molecule has 0 spiro atoms. The molecule has 0 radical (unpaired) electrons. The van der Waals surface area contributed by atoms with Crippen molar-refractivity contribution < 1.29 is 19.1 Å². The molecule has 2 aliphatic carbocycles. The first-order valence-corrected chi connectivity index (χ1v) is 13.8. The van der Waals surface area contributed by atoms with Crippen molar-refractivity contribution in [3.63, 3.8) is 0 Å². The molecule has 3 unspecified atom stereocenters. The van der Waals surface area contributed by atoms with Gasteiger partial charge in [0.15, 0.2) is 0 Å². The molecule has 1 fully saturated rings. The number of hydrogen-bond donors (Lipinski definition) is 0. The predicted molar refractivity (Wildman–Crippen MR) is 154 cm³/mol. The number of rotatable bonds is 5. The molecule has 0 aliphatic heterocycles. The van der Waals surface area contributed by atoms with Crippen molar-refractivity contribution in [2.45, 2.75) is 52.2 Å². The molecule has 4 nitrogen and oxygen atoms in total. The molecule has 39 heavy (non-hydrogen) atoms. The molecule has 2 aliphatic rings. The Bertz CT molecular complexity index is 1380. The molecule has 5 rings (SSSR count). The average molecular weight is 521 g/mol. The number of carbonyl (C=O) groups excluding carboxylic acids is 2. The Hall–Kier alpha value is -3.92. The fourth-order valence-electron chi connectivity index (χ4n) is 6.15. The zero-order valence-electron chi connectivity index (χ0n) is 23.0. The van der Waals surface area contributed by atoms with Crippen molar-refractivity contribution in [2.75, 3.05) is 0 Å². The van der Waals surface area contributed by atoms with E-state index in [1.54, 1.807) is 24.3 Å². The molecular formula is C35H36O4. The van der Waals surface area contributed by atoms with Crippen LogP contribution in [-0.4, -0.2) is 24.1 Å². The molecule has 0 amide bonds. The van der Waals surface area contributed by atoms with E-state index in [0.717, 1.165) is 28.7 Å². The van der Waals surface area contributed by atoms with Gasteiger partial charge in [0.1, 0.15) is 12.2 Å². The lowest BCUT2D eigenvalue weighted by atomic mass is 9.61. The molecule has 200 valence electrons. The summed E-state index contributed by atoms with van der Waals surface area (Å²) >= 11 is 0. The number of esters is 2. The number of allylic oxidation sites excluding steroid dienone is 4. The average Bonchev–Trinajstić information content (AvgIpc) is 3.19. The number of aryl methyl sites for hydroxylation is 3. The Morgan fingerprint density at radius 2 is 1.28 bits per heavy atom. The fraction of sp³-hybridized carbons (Fsp3) is 0.314. The van der Waals surface area contributed by atoms with Crippen LogP contribution in [0, 0.1) is 38.5 Å². The molecule has 1 saturated carbocycles. The Balaban J connectivity index is 1.59. The van der Waals surface area contributed by atoms with Crippen molar-refractivity contribution in [3.8, 4) is 0 Å². The fourth-order valence-corrected chi connectivity index (χ4v) is 6.15. The lowest BCUT2D eigenvalue weighted by Crippen LogP contribution is -2.53. The van der Waals surface area contributed by atoms with Crippen LogP contribution in [0.4, 0.5) is 0 Å². The van der Waals surface area contributed by atoms with E-state index in [9.17, 15) is 9.59 Å². The summed E-state index contributed by atoms with van der Waals surface area (Å²) < 4.78 is 12.7. The zero-order chi connectivity index (χ0) is 27.5. The van der Waals surface area contributed by atoms with Gasteiger partial charge in [0, 0.05) is 11.8 Å². The molecule has 0 saturated heterocycles. The molecule has 3 aromatic rings. The van der Waals surface area contributed by atoms with E-state index in [1.807, 2.05) is 50.2 Å². The van der Waals surface area contributed by atoms with E-state index < -0.39 is 24.1 Å². The third-order valence-corrected chi connectivity index (χ3v) is 8.38. The smallest absolute Gasteiger partial charge is 0.338 e. The molecular weight excluding hydrogens is 484 g/mol. The standard InChI is InChI=1S/C35H36O4/c1-22-14-18-26(19-15-22)34(36)38-32-25(4)29-12-6-5-7-13-30(29)31(28-11-9-8-10-24(28)3)33(32)39-35(37)27-20-16-23(2)17-21-27/h5-11,13-21,25,29-33H,12H2,1-4H3/t25-,29?,30-,31-,32?,33?/m0/s1. The Morgan fingerprint density at radius 1 is 0.718 bits per heavy atom.